The van der Waals surface area contributed by atoms with Crippen molar-refractivity contribution in [1.82, 2.24) is 20.0 Å². The lowest BCUT2D eigenvalue weighted by Crippen LogP contribution is -2.42. The van der Waals surface area contributed by atoms with Gasteiger partial charge in [-0.25, -0.2) is 0 Å². The predicted octanol–water partition coefficient (Wildman–Crippen LogP) is 2.27. The van der Waals surface area contributed by atoms with Gasteiger partial charge in [0.1, 0.15) is 0 Å². The number of H-pyrrole nitrogens is 1. The standard InChI is InChI=1S/C19H28N4O2/c1-4-7-23-12-15(10-18(23)24)19(25)22-8-5-14(6-9-22)17-11-16(13(2)3)20-21-17/h4,11,13-15H,1,5-10,12H2,2-3H3,(H,20,21). The Morgan fingerprint density at radius 3 is 2.76 bits per heavy atom. The Morgan fingerprint density at radius 2 is 2.16 bits per heavy atom. The Kier molecular flexibility index (Phi) is 5.25. The maximum Gasteiger partial charge on any atom is 0.227 e. The minimum atomic E-state index is -0.191. The first-order chi connectivity index (χ1) is 12.0. The summed E-state index contributed by atoms with van der Waals surface area (Å²) in [4.78, 5) is 28.3. The minimum absolute atomic E-state index is 0.0619. The average Bonchev–Trinajstić information content (AvgIpc) is 3.23. The molecule has 0 spiro atoms. The number of rotatable bonds is 5. The Morgan fingerprint density at radius 1 is 1.44 bits per heavy atom. The van der Waals surface area contributed by atoms with Crippen molar-refractivity contribution in [1.29, 1.82) is 0 Å². The monoisotopic (exact) mass is 344 g/mol. The van der Waals surface area contributed by atoms with E-state index in [1.54, 1.807) is 11.0 Å². The van der Waals surface area contributed by atoms with Crippen LogP contribution in [0.3, 0.4) is 0 Å². The van der Waals surface area contributed by atoms with Crippen LogP contribution in [0.2, 0.25) is 0 Å². The van der Waals surface area contributed by atoms with Gasteiger partial charge in [0.15, 0.2) is 0 Å². The molecule has 3 rings (SSSR count). The summed E-state index contributed by atoms with van der Waals surface area (Å²) in [7, 11) is 0. The van der Waals surface area contributed by atoms with E-state index in [0.717, 1.165) is 31.6 Å². The lowest BCUT2D eigenvalue weighted by atomic mass is 9.92. The first-order valence-electron chi connectivity index (χ1n) is 9.22. The topological polar surface area (TPSA) is 69.3 Å². The summed E-state index contributed by atoms with van der Waals surface area (Å²) >= 11 is 0. The number of carbonyl (C=O) groups excluding carboxylic acids is 2. The van der Waals surface area contributed by atoms with Gasteiger partial charge in [-0.3, -0.25) is 14.7 Å². The molecule has 1 aromatic heterocycles. The third kappa shape index (κ3) is 3.78. The number of carbonyl (C=O) groups is 2. The summed E-state index contributed by atoms with van der Waals surface area (Å²) < 4.78 is 0. The van der Waals surface area contributed by atoms with Crippen molar-refractivity contribution in [2.24, 2.45) is 5.92 Å². The highest BCUT2D eigenvalue weighted by atomic mass is 16.2. The second-order valence-corrected chi connectivity index (χ2v) is 7.49. The molecule has 3 heterocycles. The van der Waals surface area contributed by atoms with Crippen molar-refractivity contribution in [3.8, 4) is 0 Å². The minimum Gasteiger partial charge on any atom is -0.342 e. The molecule has 0 aromatic carbocycles. The van der Waals surface area contributed by atoms with Gasteiger partial charge in [0.2, 0.25) is 11.8 Å². The van der Waals surface area contributed by atoms with Crippen molar-refractivity contribution in [2.45, 2.75) is 44.9 Å². The van der Waals surface area contributed by atoms with Gasteiger partial charge in [0.05, 0.1) is 11.6 Å². The van der Waals surface area contributed by atoms with Crippen LogP contribution in [0.25, 0.3) is 0 Å². The predicted molar refractivity (Wildman–Crippen MR) is 96.1 cm³/mol. The molecule has 6 heteroatoms. The number of likely N-dealkylation sites (tertiary alicyclic amines) is 2. The van der Waals surface area contributed by atoms with Gasteiger partial charge in [-0.1, -0.05) is 19.9 Å². The van der Waals surface area contributed by atoms with Crippen LogP contribution in [0.5, 0.6) is 0 Å². The molecule has 1 N–H and O–H groups in total. The molecule has 1 aromatic rings. The lowest BCUT2D eigenvalue weighted by Gasteiger charge is -2.33. The summed E-state index contributed by atoms with van der Waals surface area (Å²) in [6, 6.07) is 2.16. The molecular formula is C19H28N4O2. The zero-order valence-electron chi connectivity index (χ0n) is 15.2. The maximum atomic E-state index is 12.7. The normalized spacial score (nSPS) is 22.0. The fourth-order valence-corrected chi connectivity index (χ4v) is 3.80. The van der Waals surface area contributed by atoms with Crippen molar-refractivity contribution in [3.05, 3.63) is 30.1 Å². The van der Waals surface area contributed by atoms with Crippen molar-refractivity contribution < 1.29 is 9.59 Å². The van der Waals surface area contributed by atoms with Gasteiger partial charge in [-0.05, 0) is 24.8 Å². The first-order valence-corrected chi connectivity index (χ1v) is 9.22. The number of piperidine rings is 1. The van der Waals surface area contributed by atoms with Crippen molar-refractivity contribution in [2.75, 3.05) is 26.2 Å². The van der Waals surface area contributed by atoms with Gasteiger partial charge in [-0.2, -0.15) is 5.10 Å². The molecule has 2 aliphatic heterocycles. The molecule has 25 heavy (non-hydrogen) atoms. The highest BCUT2D eigenvalue weighted by Gasteiger charge is 2.37. The first kappa shape index (κ1) is 17.7. The smallest absolute Gasteiger partial charge is 0.227 e. The quantitative estimate of drug-likeness (QED) is 0.833. The van der Waals surface area contributed by atoms with Crippen molar-refractivity contribution >= 4 is 11.8 Å². The van der Waals surface area contributed by atoms with E-state index in [0.29, 0.717) is 31.3 Å². The van der Waals surface area contributed by atoms with Gasteiger partial charge < -0.3 is 9.80 Å². The largest absolute Gasteiger partial charge is 0.342 e. The Bertz CT molecular complexity index is 644. The van der Waals surface area contributed by atoms with Crippen LogP contribution in [-0.2, 0) is 9.59 Å². The van der Waals surface area contributed by atoms with E-state index in [1.807, 2.05) is 4.90 Å². The van der Waals surface area contributed by atoms with E-state index >= 15 is 0 Å². The molecule has 0 saturated carbocycles. The molecule has 2 aliphatic rings. The molecule has 2 amide bonds. The van der Waals surface area contributed by atoms with E-state index in [4.69, 9.17) is 0 Å². The molecule has 6 nitrogen and oxygen atoms in total. The van der Waals surface area contributed by atoms with E-state index < -0.39 is 0 Å². The van der Waals surface area contributed by atoms with Crippen LogP contribution in [0.1, 0.15) is 56.3 Å². The SMILES string of the molecule is C=CCN1CC(C(=O)N2CCC(c3cc(C(C)C)n[nH]3)CC2)CC1=O. The lowest BCUT2D eigenvalue weighted by molar-refractivity contribution is -0.136. The van der Waals surface area contributed by atoms with Crippen LogP contribution in [0.4, 0.5) is 0 Å². The summed E-state index contributed by atoms with van der Waals surface area (Å²) in [6.45, 7) is 10.5. The molecule has 0 aliphatic carbocycles. The zero-order valence-corrected chi connectivity index (χ0v) is 15.2. The van der Waals surface area contributed by atoms with Gasteiger partial charge in [0, 0.05) is 44.2 Å². The highest BCUT2D eigenvalue weighted by molar-refractivity contribution is 5.89. The molecule has 2 fully saturated rings. The van der Waals surface area contributed by atoms with Crippen molar-refractivity contribution in [3.63, 3.8) is 0 Å². The van der Waals surface area contributed by atoms with Crippen LogP contribution in [-0.4, -0.2) is 58.0 Å². The van der Waals surface area contributed by atoms with E-state index in [2.05, 4.69) is 36.7 Å². The number of hydrogen-bond acceptors (Lipinski definition) is 3. The Labute approximate surface area is 149 Å². The fraction of sp³-hybridized carbons (Fsp3) is 0.632. The van der Waals surface area contributed by atoms with Crippen LogP contribution < -0.4 is 0 Å². The Balaban J connectivity index is 1.54. The molecule has 2 saturated heterocycles. The number of aromatic nitrogens is 2. The average molecular weight is 344 g/mol. The number of hydrogen-bond donors (Lipinski definition) is 1. The summed E-state index contributed by atoms with van der Waals surface area (Å²) in [6.07, 6.45) is 3.95. The molecule has 1 atom stereocenters. The van der Waals surface area contributed by atoms with Gasteiger partial charge in [0.25, 0.3) is 0 Å². The third-order valence-corrected chi connectivity index (χ3v) is 5.37. The Hall–Kier alpha value is -2.11. The fourth-order valence-electron chi connectivity index (χ4n) is 3.80. The number of nitrogens with one attached hydrogen (secondary N) is 1. The maximum absolute atomic E-state index is 12.7. The summed E-state index contributed by atoms with van der Waals surface area (Å²) in [5, 5.41) is 7.55. The van der Waals surface area contributed by atoms with Crippen LogP contribution >= 0.6 is 0 Å². The molecule has 136 valence electrons. The summed E-state index contributed by atoms with van der Waals surface area (Å²) in [5.74, 6) is 0.859. The summed E-state index contributed by atoms with van der Waals surface area (Å²) in [5.41, 5.74) is 2.28. The van der Waals surface area contributed by atoms with E-state index in [1.165, 1.54) is 5.69 Å². The number of aromatic amines is 1. The second kappa shape index (κ2) is 7.42. The van der Waals surface area contributed by atoms with Gasteiger partial charge >= 0.3 is 0 Å². The highest BCUT2D eigenvalue weighted by Crippen LogP contribution is 2.30. The molecular weight excluding hydrogens is 316 g/mol. The molecule has 0 bridgehead atoms. The molecule has 0 radical (unpaired) electrons. The second-order valence-electron chi connectivity index (χ2n) is 7.49. The molecule has 1 unspecified atom stereocenters. The number of nitrogens with zero attached hydrogens (tertiary/aromatic N) is 3. The zero-order chi connectivity index (χ0) is 18.0. The van der Waals surface area contributed by atoms with E-state index in [-0.39, 0.29) is 17.7 Å². The third-order valence-electron chi connectivity index (χ3n) is 5.37. The van der Waals surface area contributed by atoms with E-state index in [9.17, 15) is 9.59 Å². The van der Waals surface area contributed by atoms with Crippen LogP contribution in [0.15, 0.2) is 18.7 Å². The van der Waals surface area contributed by atoms with Gasteiger partial charge in [-0.15, -0.1) is 6.58 Å². The van der Waals surface area contributed by atoms with Crippen LogP contribution in [0, 0.1) is 5.92 Å². The number of amides is 2.